The number of aliphatic hydroxyl groups is 1. The Hall–Kier alpha value is -5.28. The van der Waals surface area contributed by atoms with Crippen LogP contribution in [-0.2, 0) is 25.4 Å². The van der Waals surface area contributed by atoms with Crippen molar-refractivity contribution in [2.24, 2.45) is 0 Å². The van der Waals surface area contributed by atoms with E-state index in [0.29, 0.717) is 21.1 Å². The third-order valence-electron chi connectivity index (χ3n) is 11.1. The molecule has 2 heterocycles. The molecule has 1 fully saturated rings. The van der Waals surface area contributed by atoms with Gasteiger partial charge in [-0.2, -0.15) is 0 Å². The largest absolute Gasteiger partial charge is 0.386 e. The van der Waals surface area contributed by atoms with Crippen LogP contribution in [0, 0.1) is 0 Å². The lowest BCUT2D eigenvalue weighted by Crippen LogP contribution is -2.46. The zero-order valence-electron chi connectivity index (χ0n) is 31.7. The fourth-order valence-corrected chi connectivity index (χ4v) is 9.01. The van der Waals surface area contributed by atoms with E-state index in [1.54, 1.807) is 16.7 Å². The third-order valence-corrected chi connectivity index (χ3v) is 12.1. The van der Waals surface area contributed by atoms with Gasteiger partial charge in [-0.3, -0.25) is 4.57 Å². The van der Waals surface area contributed by atoms with Crippen LogP contribution in [0.3, 0.4) is 0 Å². The van der Waals surface area contributed by atoms with E-state index in [-0.39, 0.29) is 11.9 Å². The second kappa shape index (κ2) is 16.8. The summed E-state index contributed by atoms with van der Waals surface area (Å²) >= 11 is 19.9. The predicted molar refractivity (Wildman–Crippen MR) is 234 cm³/mol. The lowest BCUT2D eigenvalue weighted by molar-refractivity contribution is -0.131. The number of aliphatic hydroxyl groups excluding tert-OH is 1. The van der Waals surface area contributed by atoms with Gasteiger partial charge in [0.05, 0.1) is 27.7 Å². The van der Waals surface area contributed by atoms with Gasteiger partial charge in [0.1, 0.15) is 29.5 Å². The number of hydrogen-bond donors (Lipinski definition) is 1. The van der Waals surface area contributed by atoms with Crippen molar-refractivity contribution in [2.45, 2.75) is 35.7 Å². The van der Waals surface area contributed by atoms with E-state index in [2.05, 4.69) is 41.4 Å². The number of rotatable bonds is 12. The summed E-state index contributed by atoms with van der Waals surface area (Å²) in [5.74, 6) is 0. The molecule has 4 atom stereocenters. The molecular weight excluding hydrogens is 799 g/mol. The molecule has 8 aromatic rings. The Bertz CT molecular complexity index is 2440. The number of imidazole rings is 1. The number of ether oxygens (including phenoxy) is 3. The van der Waals surface area contributed by atoms with E-state index < -0.39 is 35.7 Å². The molecule has 0 radical (unpaired) electrons. The molecule has 0 bridgehead atoms. The van der Waals surface area contributed by atoms with E-state index in [1.807, 2.05) is 146 Å². The van der Waals surface area contributed by atoms with Crippen molar-refractivity contribution in [2.75, 3.05) is 6.61 Å². The molecule has 0 amide bonds. The summed E-state index contributed by atoms with van der Waals surface area (Å²) in [5, 5.41) is 13.5. The number of fused-ring (bicyclic) bond motifs is 1. The van der Waals surface area contributed by atoms with Crippen LogP contribution in [0.5, 0.6) is 0 Å². The summed E-state index contributed by atoms with van der Waals surface area (Å²) in [4.78, 5) is 4.59. The Labute approximate surface area is 358 Å². The normalized spacial score (nSPS) is 18.3. The Morgan fingerprint density at radius 2 is 0.915 bits per heavy atom. The summed E-state index contributed by atoms with van der Waals surface area (Å²) in [6, 6.07) is 63.9. The standard InChI is InChI=1S/C50H39Cl3N2O4/c51-40-31-42-43(32-41(40)52)55(48(53)54-42)47-45(56)46(59-50(37-25-13-4-14-26-37,38-27-15-5-16-28-38)39-29-17-6-18-30-39)44(58-47)33-57-49(34-19-7-1-8-20-34,35-21-9-2-10-22-35)36-23-11-3-12-24-36/h1-32,44-47,56H,33H2/t44-,45?,46?,47-/m1/s1. The number of hydrogen-bond acceptors (Lipinski definition) is 5. The van der Waals surface area contributed by atoms with E-state index >= 15 is 0 Å². The highest BCUT2D eigenvalue weighted by Gasteiger charge is 2.53. The average molecular weight is 838 g/mol. The molecule has 9 rings (SSSR count). The lowest BCUT2D eigenvalue weighted by atomic mass is 9.79. The van der Waals surface area contributed by atoms with Crippen molar-refractivity contribution in [3.63, 3.8) is 0 Å². The van der Waals surface area contributed by atoms with Gasteiger partial charge in [-0.1, -0.05) is 205 Å². The SMILES string of the molecule is OC1C(OC(c2ccccc2)(c2ccccc2)c2ccccc2)[C@@H](COC(c2ccccc2)(c2ccccc2)c2ccccc2)O[C@H]1n1c(Cl)nc2cc(Cl)c(Cl)cc21. The fraction of sp³-hybridized carbons (Fsp3) is 0.140. The van der Waals surface area contributed by atoms with Gasteiger partial charge in [0, 0.05) is 0 Å². The summed E-state index contributed by atoms with van der Waals surface area (Å²) in [7, 11) is 0. The average Bonchev–Trinajstić information content (AvgIpc) is 3.77. The Kier molecular flexibility index (Phi) is 11.1. The first kappa shape index (κ1) is 39.2. The van der Waals surface area contributed by atoms with Gasteiger partial charge in [-0.05, 0) is 57.1 Å². The van der Waals surface area contributed by atoms with Gasteiger partial charge in [-0.15, -0.1) is 0 Å². The Morgan fingerprint density at radius 3 is 1.32 bits per heavy atom. The van der Waals surface area contributed by atoms with Crippen LogP contribution in [0.4, 0.5) is 0 Å². The number of nitrogens with zero attached hydrogens (tertiary/aromatic N) is 2. The third kappa shape index (κ3) is 7.15. The molecule has 1 aliphatic heterocycles. The first-order valence-corrected chi connectivity index (χ1v) is 20.5. The molecule has 6 nitrogen and oxygen atoms in total. The minimum atomic E-state index is -1.29. The van der Waals surface area contributed by atoms with Crippen LogP contribution >= 0.6 is 34.8 Å². The summed E-state index contributed by atoms with van der Waals surface area (Å²) in [6.07, 6.45) is -4.22. The molecule has 0 aliphatic carbocycles. The topological polar surface area (TPSA) is 65.7 Å². The zero-order chi connectivity index (χ0) is 40.4. The van der Waals surface area contributed by atoms with Crippen LogP contribution in [-0.4, -0.2) is 39.6 Å². The van der Waals surface area contributed by atoms with Crippen molar-refractivity contribution in [3.8, 4) is 0 Å². The molecule has 0 saturated carbocycles. The Balaban J connectivity index is 1.23. The molecule has 7 aromatic carbocycles. The Morgan fingerprint density at radius 1 is 0.542 bits per heavy atom. The minimum Gasteiger partial charge on any atom is -0.386 e. The van der Waals surface area contributed by atoms with Gasteiger partial charge in [0.15, 0.2) is 6.23 Å². The predicted octanol–water partition coefficient (Wildman–Crippen LogP) is 11.6. The zero-order valence-corrected chi connectivity index (χ0v) is 34.0. The lowest BCUT2D eigenvalue weighted by Gasteiger charge is -2.41. The number of aromatic nitrogens is 2. The van der Waals surface area contributed by atoms with Crippen LogP contribution < -0.4 is 0 Å². The quantitative estimate of drug-likeness (QED) is 0.124. The number of benzene rings is 7. The monoisotopic (exact) mass is 836 g/mol. The highest BCUT2D eigenvalue weighted by molar-refractivity contribution is 6.42. The molecule has 59 heavy (non-hydrogen) atoms. The first-order chi connectivity index (χ1) is 28.9. The first-order valence-electron chi connectivity index (χ1n) is 19.4. The second-order valence-corrected chi connectivity index (χ2v) is 15.7. The maximum absolute atomic E-state index is 12.8. The van der Waals surface area contributed by atoms with Crippen molar-refractivity contribution < 1.29 is 19.3 Å². The maximum Gasteiger partial charge on any atom is 0.206 e. The van der Waals surface area contributed by atoms with E-state index in [0.717, 1.165) is 33.4 Å². The number of halogens is 3. The van der Waals surface area contributed by atoms with Crippen molar-refractivity contribution in [1.82, 2.24) is 9.55 Å². The molecule has 1 saturated heterocycles. The van der Waals surface area contributed by atoms with Crippen molar-refractivity contribution in [3.05, 3.63) is 243 Å². The van der Waals surface area contributed by atoms with Gasteiger partial charge in [-0.25, -0.2) is 4.98 Å². The van der Waals surface area contributed by atoms with Gasteiger partial charge in [0.2, 0.25) is 5.28 Å². The molecule has 2 unspecified atom stereocenters. The van der Waals surface area contributed by atoms with Crippen LogP contribution in [0.15, 0.2) is 194 Å². The summed E-state index contributed by atoms with van der Waals surface area (Å²) < 4.78 is 23.7. The molecular formula is C50H39Cl3N2O4. The smallest absolute Gasteiger partial charge is 0.206 e. The van der Waals surface area contributed by atoms with E-state index in [4.69, 9.17) is 49.0 Å². The van der Waals surface area contributed by atoms with Gasteiger partial charge < -0.3 is 19.3 Å². The molecule has 0 spiro atoms. The van der Waals surface area contributed by atoms with Crippen LogP contribution in [0.1, 0.15) is 39.6 Å². The summed E-state index contributed by atoms with van der Waals surface area (Å²) in [6.45, 7) is -0.0117. The summed E-state index contributed by atoms with van der Waals surface area (Å²) in [5.41, 5.74) is 4.13. The van der Waals surface area contributed by atoms with Gasteiger partial charge in [0.25, 0.3) is 0 Å². The van der Waals surface area contributed by atoms with Gasteiger partial charge >= 0.3 is 0 Å². The maximum atomic E-state index is 12.8. The minimum absolute atomic E-state index is 0.0117. The highest BCUT2D eigenvalue weighted by Crippen LogP contribution is 2.48. The highest BCUT2D eigenvalue weighted by atomic mass is 35.5. The van der Waals surface area contributed by atoms with E-state index in [9.17, 15) is 5.11 Å². The second-order valence-electron chi connectivity index (χ2n) is 14.5. The molecule has 1 aromatic heterocycles. The van der Waals surface area contributed by atoms with Crippen LogP contribution in [0.25, 0.3) is 11.0 Å². The molecule has 294 valence electrons. The van der Waals surface area contributed by atoms with Crippen molar-refractivity contribution in [1.29, 1.82) is 0 Å². The fourth-order valence-electron chi connectivity index (χ4n) is 8.42. The molecule has 9 heteroatoms. The van der Waals surface area contributed by atoms with Crippen molar-refractivity contribution >= 4 is 45.8 Å². The van der Waals surface area contributed by atoms with E-state index in [1.165, 1.54) is 0 Å². The molecule has 1 N–H and O–H groups in total. The molecule has 1 aliphatic rings. The van der Waals surface area contributed by atoms with Crippen LogP contribution in [0.2, 0.25) is 15.3 Å².